The van der Waals surface area contributed by atoms with Crippen LogP contribution in [0.4, 0.5) is 5.95 Å². The Kier molecular flexibility index (Phi) is 3.39. The highest BCUT2D eigenvalue weighted by molar-refractivity contribution is 5.06. The van der Waals surface area contributed by atoms with Crippen molar-refractivity contribution in [2.45, 2.75) is 26.8 Å². The molecule has 0 spiro atoms. The lowest BCUT2D eigenvalue weighted by Crippen LogP contribution is -2.02. The van der Waals surface area contributed by atoms with Crippen LogP contribution in [0.25, 0.3) is 0 Å². The Morgan fingerprint density at radius 3 is 3.00 bits per heavy atom. The lowest BCUT2D eigenvalue weighted by molar-refractivity contribution is -0.396. The van der Waals surface area contributed by atoms with Gasteiger partial charge in [-0.25, -0.2) is 4.57 Å². The Balaban J connectivity index is 2.63. The van der Waals surface area contributed by atoms with Crippen LogP contribution in [0.15, 0.2) is 24.0 Å². The molecule has 0 aliphatic carbocycles. The predicted molar refractivity (Wildman–Crippen MR) is 52.9 cm³/mol. The molecule has 0 N–H and O–H groups in total. The lowest BCUT2D eigenvalue weighted by Gasteiger charge is -1.98. The van der Waals surface area contributed by atoms with Crippen molar-refractivity contribution in [2.75, 3.05) is 0 Å². The largest absolute Gasteiger partial charge is 0.434 e. The summed E-state index contributed by atoms with van der Waals surface area (Å²) in [6, 6.07) is 0. The number of aromatic nitrogens is 2. The van der Waals surface area contributed by atoms with Gasteiger partial charge in [0.15, 0.2) is 0 Å². The number of imidazole rings is 1. The van der Waals surface area contributed by atoms with Gasteiger partial charge in [-0.1, -0.05) is 16.6 Å². The van der Waals surface area contributed by atoms with Crippen molar-refractivity contribution in [2.24, 2.45) is 0 Å². The first-order valence-electron chi connectivity index (χ1n) is 4.40. The minimum atomic E-state index is -0.470. The van der Waals surface area contributed by atoms with E-state index in [1.807, 2.05) is 19.9 Å². The molecule has 0 radical (unpaired) electrons. The van der Waals surface area contributed by atoms with Crippen LogP contribution in [0.3, 0.4) is 0 Å². The van der Waals surface area contributed by atoms with E-state index in [9.17, 15) is 10.1 Å². The topological polar surface area (TPSA) is 61.0 Å². The van der Waals surface area contributed by atoms with Crippen molar-refractivity contribution >= 4 is 5.95 Å². The van der Waals surface area contributed by atoms with Gasteiger partial charge in [0, 0.05) is 0 Å². The number of allylic oxidation sites excluding steroid dienone is 2. The van der Waals surface area contributed by atoms with E-state index in [0.29, 0.717) is 6.54 Å². The molecular formula is C9H13N3O2. The Bertz CT molecular complexity index is 351. The second kappa shape index (κ2) is 4.55. The highest BCUT2D eigenvalue weighted by Gasteiger charge is 2.12. The third kappa shape index (κ3) is 2.69. The molecule has 5 heteroatoms. The van der Waals surface area contributed by atoms with E-state index >= 15 is 0 Å². The van der Waals surface area contributed by atoms with Crippen molar-refractivity contribution < 1.29 is 4.92 Å². The molecule has 1 rings (SSSR count). The van der Waals surface area contributed by atoms with Crippen molar-refractivity contribution in [1.29, 1.82) is 0 Å². The summed E-state index contributed by atoms with van der Waals surface area (Å²) in [5, 5.41) is 10.5. The number of aryl methyl sites for hydroxylation is 1. The average molecular weight is 195 g/mol. The molecular weight excluding hydrogens is 182 g/mol. The summed E-state index contributed by atoms with van der Waals surface area (Å²) in [5.74, 6) is -0.0906. The third-order valence-electron chi connectivity index (χ3n) is 1.78. The molecule has 5 nitrogen and oxygen atoms in total. The first kappa shape index (κ1) is 10.4. The molecule has 0 aliphatic rings. The quantitative estimate of drug-likeness (QED) is 0.420. The molecule has 0 amide bonds. The van der Waals surface area contributed by atoms with E-state index in [0.717, 1.165) is 6.42 Å². The zero-order valence-electron chi connectivity index (χ0n) is 8.30. The van der Waals surface area contributed by atoms with Crippen molar-refractivity contribution in [3.05, 3.63) is 34.2 Å². The van der Waals surface area contributed by atoms with Crippen molar-refractivity contribution in [3.8, 4) is 0 Å². The standard InChI is InChI=1S/C9H13N3O2/c1-8(2)4-3-6-11-7-5-10-9(11)12(13)14/h4-5,7H,3,6H2,1-2H3. The SMILES string of the molecule is CC(C)=CCCn1ccnc1[N+](=O)[O-]. The number of hydrogen-bond acceptors (Lipinski definition) is 3. The number of nitro groups is 1. The zero-order valence-corrected chi connectivity index (χ0v) is 8.30. The van der Waals surface area contributed by atoms with E-state index in [1.165, 1.54) is 11.8 Å². The normalized spacial score (nSPS) is 9.86. The van der Waals surface area contributed by atoms with Crippen molar-refractivity contribution in [3.63, 3.8) is 0 Å². The summed E-state index contributed by atoms with van der Waals surface area (Å²) >= 11 is 0. The van der Waals surface area contributed by atoms with Gasteiger partial charge in [-0.15, -0.1) is 0 Å². The van der Waals surface area contributed by atoms with Crippen LogP contribution in [0.2, 0.25) is 0 Å². The summed E-state index contributed by atoms with van der Waals surface area (Å²) in [6.07, 6.45) is 5.90. The van der Waals surface area contributed by atoms with Crippen LogP contribution >= 0.6 is 0 Å². The van der Waals surface area contributed by atoms with Gasteiger partial charge in [-0.3, -0.25) is 0 Å². The van der Waals surface area contributed by atoms with Crippen LogP contribution in [0.1, 0.15) is 20.3 Å². The Hall–Kier alpha value is -1.65. The smallest absolute Gasteiger partial charge is 0.390 e. The molecule has 1 heterocycles. The second-order valence-corrected chi connectivity index (χ2v) is 3.25. The fourth-order valence-corrected chi connectivity index (χ4v) is 1.14. The third-order valence-corrected chi connectivity index (χ3v) is 1.78. The lowest BCUT2D eigenvalue weighted by atomic mass is 10.3. The van der Waals surface area contributed by atoms with Crippen LogP contribution < -0.4 is 0 Å². The molecule has 0 unspecified atom stereocenters. The Morgan fingerprint density at radius 1 is 1.71 bits per heavy atom. The number of rotatable bonds is 4. The first-order chi connectivity index (χ1) is 6.61. The average Bonchev–Trinajstić information content (AvgIpc) is 2.51. The van der Waals surface area contributed by atoms with Gasteiger partial charge in [0.1, 0.15) is 12.4 Å². The van der Waals surface area contributed by atoms with Gasteiger partial charge in [-0.05, 0) is 25.2 Å². The van der Waals surface area contributed by atoms with Crippen LogP contribution in [-0.2, 0) is 6.54 Å². The summed E-state index contributed by atoms with van der Waals surface area (Å²) in [6.45, 7) is 4.60. The molecule has 0 fully saturated rings. The monoisotopic (exact) mass is 195 g/mol. The minimum absolute atomic E-state index is 0.0906. The van der Waals surface area contributed by atoms with E-state index in [1.54, 1.807) is 10.8 Å². The highest BCUT2D eigenvalue weighted by atomic mass is 16.6. The summed E-state index contributed by atoms with van der Waals surface area (Å²) in [5.41, 5.74) is 1.22. The number of hydrogen-bond donors (Lipinski definition) is 0. The Morgan fingerprint density at radius 2 is 2.43 bits per heavy atom. The first-order valence-corrected chi connectivity index (χ1v) is 4.40. The van der Waals surface area contributed by atoms with Gasteiger partial charge < -0.3 is 10.1 Å². The molecule has 0 atom stereocenters. The fourth-order valence-electron chi connectivity index (χ4n) is 1.14. The molecule has 0 aliphatic heterocycles. The molecule has 14 heavy (non-hydrogen) atoms. The van der Waals surface area contributed by atoms with Crippen LogP contribution in [0, 0.1) is 10.1 Å². The molecule has 0 saturated heterocycles. The molecule has 0 bridgehead atoms. The maximum Gasteiger partial charge on any atom is 0.434 e. The van der Waals surface area contributed by atoms with Gasteiger partial charge in [0.2, 0.25) is 0 Å². The van der Waals surface area contributed by atoms with E-state index in [-0.39, 0.29) is 5.95 Å². The summed E-state index contributed by atoms with van der Waals surface area (Å²) < 4.78 is 1.54. The summed E-state index contributed by atoms with van der Waals surface area (Å²) in [4.78, 5) is 13.7. The molecule has 1 aromatic heterocycles. The van der Waals surface area contributed by atoms with Crippen LogP contribution in [0.5, 0.6) is 0 Å². The molecule has 76 valence electrons. The minimum Gasteiger partial charge on any atom is -0.390 e. The van der Waals surface area contributed by atoms with E-state index < -0.39 is 4.92 Å². The van der Waals surface area contributed by atoms with E-state index in [2.05, 4.69) is 4.98 Å². The summed E-state index contributed by atoms with van der Waals surface area (Å²) in [7, 11) is 0. The van der Waals surface area contributed by atoms with Gasteiger partial charge >= 0.3 is 5.95 Å². The molecule has 0 saturated carbocycles. The molecule has 0 aromatic carbocycles. The van der Waals surface area contributed by atoms with E-state index in [4.69, 9.17) is 0 Å². The second-order valence-electron chi connectivity index (χ2n) is 3.25. The zero-order chi connectivity index (χ0) is 10.6. The Labute approximate surface area is 82.2 Å². The van der Waals surface area contributed by atoms with Crippen LogP contribution in [-0.4, -0.2) is 14.5 Å². The fraction of sp³-hybridized carbons (Fsp3) is 0.444. The maximum absolute atomic E-state index is 10.5. The van der Waals surface area contributed by atoms with Gasteiger partial charge in [0.05, 0.1) is 6.54 Å². The number of nitrogens with zero attached hydrogens (tertiary/aromatic N) is 3. The predicted octanol–water partition coefficient (Wildman–Crippen LogP) is 2.15. The van der Waals surface area contributed by atoms with Crippen molar-refractivity contribution in [1.82, 2.24) is 9.55 Å². The maximum atomic E-state index is 10.5. The van der Waals surface area contributed by atoms with Gasteiger partial charge in [-0.2, -0.15) is 0 Å². The van der Waals surface area contributed by atoms with Gasteiger partial charge in [0.25, 0.3) is 0 Å². The molecule has 1 aromatic rings. The highest BCUT2D eigenvalue weighted by Crippen LogP contribution is 2.08.